The summed E-state index contributed by atoms with van der Waals surface area (Å²) in [6.45, 7) is 2.70. The average Bonchev–Trinajstić information content (AvgIpc) is 2.69. The number of carbonyl (C=O) groups is 1. The molecule has 0 fully saturated rings. The van der Waals surface area contributed by atoms with E-state index in [9.17, 15) is 4.79 Å². The van der Waals surface area contributed by atoms with Gasteiger partial charge in [0.1, 0.15) is 5.69 Å². The summed E-state index contributed by atoms with van der Waals surface area (Å²) in [6.07, 6.45) is 2.49. The molecular weight excluding hydrogens is 358 g/mol. The van der Waals surface area contributed by atoms with Crippen LogP contribution in [0.5, 0.6) is 0 Å². The van der Waals surface area contributed by atoms with Crippen LogP contribution in [0.1, 0.15) is 34.6 Å². The Morgan fingerprint density at radius 1 is 1.07 bits per heavy atom. The monoisotopic (exact) mass is 379 g/mol. The number of anilines is 1. The average molecular weight is 380 g/mol. The van der Waals surface area contributed by atoms with Gasteiger partial charge in [0.2, 0.25) is 0 Å². The third-order valence-corrected chi connectivity index (χ3v) is 4.51. The van der Waals surface area contributed by atoms with E-state index in [2.05, 4.69) is 15.6 Å². The fourth-order valence-corrected chi connectivity index (χ4v) is 3.02. The molecule has 0 aliphatic carbocycles. The number of pyridine rings is 1. The van der Waals surface area contributed by atoms with Gasteiger partial charge in [-0.05, 0) is 48.7 Å². The maximum Gasteiger partial charge on any atom is 0.270 e. The first kappa shape index (κ1) is 18.9. The molecular formula is C22H22ClN3O. The second-order valence-electron chi connectivity index (χ2n) is 6.34. The lowest BCUT2D eigenvalue weighted by Crippen LogP contribution is -2.27. The highest BCUT2D eigenvalue weighted by Gasteiger charge is 2.12. The molecule has 27 heavy (non-hydrogen) atoms. The van der Waals surface area contributed by atoms with Crippen LogP contribution < -0.4 is 10.6 Å². The van der Waals surface area contributed by atoms with E-state index in [1.165, 1.54) is 5.56 Å². The van der Waals surface area contributed by atoms with Gasteiger partial charge in [0.25, 0.3) is 5.91 Å². The van der Waals surface area contributed by atoms with E-state index >= 15 is 0 Å². The Labute approximate surface area is 164 Å². The van der Waals surface area contributed by atoms with Crippen LogP contribution in [0.4, 0.5) is 5.69 Å². The van der Waals surface area contributed by atoms with Crippen molar-refractivity contribution in [2.75, 3.05) is 11.9 Å². The van der Waals surface area contributed by atoms with Gasteiger partial charge in [0, 0.05) is 23.5 Å². The number of hydrogen-bond donors (Lipinski definition) is 2. The zero-order valence-corrected chi connectivity index (χ0v) is 15.9. The number of halogens is 1. The fraction of sp³-hybridized carbons (Fsp3) is 0.182. The van der Waals surface area contributed by atoms with Gasteiger partial charge in [-0.1, -0.05) is 54.1 Å². The first-order valence-corrected chi connectivity index (χ1v) is 9.30. The fourth-order valence-electron chi connectivity index (χ4n) is 2.80. The highest BCUT2D eigenvalue weighted by molar-refractivity contribution is 6.30. The van der Waals surface area contributed by atoms with Crippen LogP contribution >= 0.6 is 11.6 Å². The van der Waals surface area contributed by atoms with Crippen molar-refractivity contribution >= 4 is 23.2 Å². The van der Waals surface area contributed by atoms with Crippen LogP contribution in [0.25, 0.3) is 0 Å². The highest BCUT2D eigenvalue weighted by atomic mass is 35.5. The lowest BCUT2D eigenvalue weighted by Gasteiger charge is -2.14. The van der Waals surface area contributed by atoms with Gasteiger partial charge >= 0.3 is 0 Å². The van der Waals surface area contributed by atoms with Crippen LogP contribution in [-0.2, 0) is 6.42 Å². The van der Waals surface area contributed by atoms with Gasteiger partial charge in [-0.25, -0.2) is 0 Å². The quantitative estimate of drug-likeness (QED) is 0.615. The Balaban J connectivity index is 1.57. The van der Waals surface area contributed by atoms with Crippen molar-refractivity contribution in [1.82, 2.24) is 10.3 Å². The Kier molecular flexibility index (Phi) is 6.44. The largest absolute Gasteiger partial charge is 0.385 e. The molecule has 2 N–H and O–H groups in total. The molecule has 138 valence electrons. The van der Waals surface area contributed by atoms with Crippen molar-refractivity contribution in [2.24, 2.45) is 0 Å². The van der Waals surface area contributed by atoms with Crippen LogP contribution in [0.2, 0.25) is 5.02 Å². The minimum absolute atomic E-state index is 0.0834. The normalized spacial score (nSPS) is 11.6. The van der Waals surface area contributed by atoms with E-state index in [1.807, 2.05) is 67.6 Å². The molecule has 0 radical (unpaired) electrons. The molecule has 1 amide bonds. The second-order valence-corrected chi connectivity index (χ2v) is 6.78. The molecule has 0 bridgehead atoms. The van der Waals surface area contributed by atoms with Crippen molar-refractivity contribution in [3.05, 3.63) is 94.8 Å². The number of nitrogens with zero attached hydrogens (tertiary/aromatic N) is 1. The summed E-state index contributed by atoms with van der Waals surface area (Å²) in [7, 11) is 0. The molecule has 2 aromatic carbocycles. The third kappa shape index (κ3) is 5.56. The molecule has 4 nitrogen and oxygen atoms in total. The number of hydrogen-bond acceptors (Lipinski definition) is 3. The summed E-state index contributed by atoms with van der Waals surface area (Å²) in [6, 6.07) is 21.2. The lowest BCUT2D eigenvalue weighted by atomic mass is 10.1. The zero-order valence-electron chi connectivity index (χ0n) is 15.2. The first-order valence-electron chi connectivity index (χ1n) is 8.92. The lowest BCUT2D eigenvalue weighted by molar-refractivity contribution is 0.0935. The molecule has 0 aliphatic rings. The number of amides is 1. The summed E-state index contributed by atoms with van der Waals surface area (Å²) in [4.78, 5) is 16.7. The molecule has 1 unspecified atom stereocenters. The molecule has 1 aromatic heterocycles. The van der Waals surface area contributed by atoms with Gasteiger partial charge < -0.3 is 10.6 Å². The number of carbonyl (C=O) groups excluding carboxylic acids is 1. The van der Waals surface area contributed by atoms with E-state index in [0.29, 0.717) is 5.69 Å². The predicted molar refractivity (Wildman–Crippen MR) is 110 cm³/mol. The van der Waals surface area contributed by atoms with Gasteiger partial charge in [0.05, 0.1) is 6.04 Å². The number of nitrogens with one attached hydrogen (secondary N) is 2. The maximum absolute atomic E-state index is 12.5. The molecule has 0 saturated carbocycles. The molecule has 1 atom stereocenters. The summed E-state index contributed by atoms with van der Waals surface area (Å²) in [5.74, 6) is -0.190. The zero-order chi connectivity index (χ0) is 19.1. The Hall–Kier alpha value is -2.85. The van der Waals surface area contributed by atoms with Crippen molar-refractivity contribution < 1.29 is 4.79 Å². The standard InChI is InChI=1S/C22H22ClN3O/c1-16(18-7-3-2-4-8-18)26-22(27)21-15-20(11-13-25-21)24-12-10-17-6-5-9-19(23)14-17/h2-9,11,13-16H,10,12H2,1H3,(H,24,25)(H,26,27). The molecule has 0 aliphatic heterocycles. The van der Waals surface area contributed by atoms with Gasteiger partial charge in [-0.2, -0.15) is 0 Å². The minimum atomic E-state index is -0.190. The topological polar surface area (TPSA) is 54.0 Å². The summed E-state index contributed by atoms with van der Waals surface area (Å²) in [5, 5.41) is 7.05. The molecule has 3 rings (SSSR count). The second kappa shape index (κ2) is 9.19. The summed E-state index contributed by atoms with van der Waals surface area (Å²) >= 11 is 6.01. The number of aromatic nitrogens is 1. The van der Waals surface area contributed by atoms with Gasteiger partial charge in [0.15, 0.2) is 0 Å². The Morgan fingerprint density at radius 3 is 2.67 bits per heavy atom. The van der Waals surface area contributed by atoms with E-state index < -0.39 is 0 Å². The molecule has 1 heterocycles. The Morgan fingerprint density at radius 2 is 1.89 bits per heavy atom. The van der Waals surface area contributed by atoms with Crippen LogP contribution in [0, 0.1) is 0 Å². The van der Waals surface area contributed by atoms with E-state index in [4.69, 9.17) is 11.6 Å². The minimum Gasteiger partial charge on any atom is -0.385 e. The van der Waals surface area contributed by atoms with Crippen molar-refractivity contribution in [3.63, 3.8) is 0 Å². The van der Waals surface area contributed by atoms with E-state index in [-0.39, 0.29) is 11.9 Å². The van der Waals surface area contributed by atoms with E-state index in [0.717, 1.165) is 29.2 Å². The SMILES string of the molecule is CC(NC(=O)c1cc(NCCc2cccc(Cl)c2)ccn1)c1ccccc1. The van der Waals surface area contributed by atoms with Crippen molar-refractivity contribution in [1.29, 1.82) is 0 Å². The predicted octanol–water partition coefficient (Wildman–Crippen LogP) is 4.88. The molecule has 5 heteroatoms. The molecule has 3 aromatic rings. The molecule has 0 saturated heterocycles. The molecule has 0 spiro atoms. The third-order valence-electron chi connectivity index (χ3n) is 4.27. The Bertz CT molecular complexity index is 899. The van der Waals surface area contributed by atoms with Crippen LogP contribution in [0.3, 0.4) is 0 Å². The number of benzene rings is 2. The van der Waals surface area contributed by atoms with Gasteiger partial charge in [-0.15, -0.1) is 0 Å². The summed E-state index contributed by atoms with van der Waals surface area (Å²) < 4.78 is 0. The van der Waals surface area contributed by atoms with Crippen molar-refractivity contribution in [2.45, 2.75) is 19.4 Å². The van der Waals surface area contributed by atoms with Crippen LogP contribution in [0.15, 0.2) is 72.9 Å². The maximum atomic E-state index is 12.5. The van der Waals surface area contributed by atoms with Crippen molar-refractivity contribution in [3.8, 4) is 0 Å². The number of rotatable bonds is 7. The van der Waals surface area contributed by atoms with Crippen LogP contribution in [-0.4, -0.2) is 17.4 Å². The summed E-state index contributed by atoms with van der Waals surface area (Å²) in [5.41, 5.74) is 3.48. The first-order chi connectivity index (χ1) is 13.1. The highest BCUT2D eigenvalue weighted by Crippen LogP contribution is 2.14. The van der Waals surface area contributed by atoms with E-state index in [1.54, 1.807) is 12.3 Å². The smallest absolute Gasteiger partial charge is 0.270 e. The van der Waals surface area contributed by atoms with Gasteiger partial charge in [-0.3, -0.25) is 9.78 Å².